The molecule has 0 bridgehead atoms. The second-order valence-corrected chi connectivity index (χ2v) is 9.74. The minimum atomic E-state index is -0.568. The fourth-order valence-electron chi connectivity index (χ4n) is 4.65. The lowest BCUT2D eigenvalue weighted by Gasteiger charge is -2.20. The minimum absolute atomic E-state index is 0.142. The lowest BCUT2D eigenvalue weighted by atomic mass is 9.90. The number of benzene rings is 2. The van der Waals surface area contributed by atoms with E-state index in [0.29, 0.717) is 50.0 Å². The largest absolute Gasteiger partial charge is 0.507 e. The molecular formula is C30H38O5. The van der Waals surface area contributed by atoms with Gasteiger partial charge in [0.15, 0.2) is 0 Å². The van der Waals surface area contributed by atoms with Crippen LogP contribution in [0, 0.1) is 34.6 Å². The zero-order chi connectivity index (χ0) is 25.7. The van der Waals surface area contributed by atoms with Gasteiger partial charge in [0.25, 0.3) is 0 Å². The van der Waals surface area contributed by atoms with Crippen molar-refractivity contribution in [1.82, 2.24) is 0 Å². The first-order valence-electron chi connectivity index (χ1n) is 12.5. The Hall–Kier alpha value is -3.08. The first-order chi connectivity index (χ1) is 16.6. The van der Waals surface area contributed by atoms with Crippen molar-refractivity contribution in [3.63, 3.8) is 0 Å². The number of fused-ring (bicyclic) bond motifs is 1. The first-order valence-corrected chi connectivity index (χ1v) is 12.5. The second-order valence-electron chi connectivity index (χ2n) is 9.74. The molecule has 2 aromatic rings. The molecule has 0 spiro atoms. The lowest BCUT2D eigenvalue weighted by Crippen LogP contribution is -2.17. The normalized spacial score (nSPS) is 17.5. The predicted molar refractivity (Wildman–Crippen MR) is 139 cm³/mol. The summed E-state index contributed by atoms with van der Waals surface area (Å²) in [5.74, 6) is -0.00000119. The SMILES string of the molecule is Cc1c(C)c(C)c(COc2cc(O)c3c(c2)C=CCCCC(=O)CCCC(C)OC3=O)c(C)c1C. The fourth-order valence-corrected chi connectivity index (χ4v) is 4.65. The number of ketones is 1. The van der Waals surface area contributed by atoms with E-state index in [1.165, 1.54) is 33.9 Å². The molecule has 0 saturated heterocycles. The Balaban J connectivity index is 1.92. The summed E-state index contributed by atoms with van der Waals surface area (Å²) in [6.45, 7) is 12.8. The van der Waals surface area contributed by atoms with Gasteiger partial charge in [0.05, 0.1) is 6.10 Å². The molecule has 188 valence electrons. The average Bonchev–Trinajstić information content (AvgIpc) is 2.80. The number of allylic oxidation sites excluding steroid dienone is 1. The number of Topliss-reactive ketones (excluding diaryl/α,β-unsaturated/α-hetero) is 1. The van der Waals surface area contributed by atoms with Gasteiger partial charge in [0.1, 0.15) is 29.5 Å². The standard InChI is InChI=1S/C30H38O5/c1-18-11-10-14-25(31)13-9-7-8-12-24-15-26(16-28(32)29(24)30(33)35-18)34-17-27-22(5)20(3)19(2)21(4)23(27)6/h8,12,15-16,18,32H,7,9-11,13-14,17H2,1-6H3. The summed E-state index contributed by atoms with van der Waals surface area (Å²) >= 11 is 0. The first kappa shape index (κ1) is 26.5. The van der Waals surface area contributed by atoms with Crippen LogP contribution in [0.15, 0.2) is 18.2 Å². The van der Waals surface area contributed by atoms with E-state index in [1.54, 1.807) is 12.1 Å². The lowest BCUT2D eigenvalue weighted by molar-refractivity contribution is -0.119. The summed E-state index contributed by atoms with van der Waals surface area (Å²) in [7, 11) is 0. The number of carbonyl (C=O) groups excluding carboxylic acids is 2. The number of aromatic hydroxyl groups is 1. The van der Waals surface area contributed by atoms with E-state index in [0.717, 1.165) is 12.0 Å². The molecule has 0 aromatic heterocycles. The number of rotatable bonds is 3. The van der Waals surface area contributed by atoms with Crippen molar-refractivity contribution in [2.45, 2.75) is 92.8 Å². The van der Waals surface area contributed by atoms with Crippen LogP contribution in [0.1, 0.15) is 94.8 Å². The van der Waals surface area contributed by atoms with E-state index in [9.17, 15) is 14.7 Å². The van der Waals surface area contributed by atoms with Crippen LogP contribution < -0.4 is 4.74 Å². The third-order valence-corrected chi connectivity index (χ3v) is 7.36. The monoisotopic (exact) mass is 478 g/mol. The zero-order valence-corrected chi connectivity index (χ0v) is 21.9. The van der Waals surface area contributed by atoms with Crippen molar-refractivity contribution in [1.29, 1.82) is 0 Å². The van der Waals surface area contributed by atoms with Crippen LogP contribution in [0.5, 0.6) is 11.5 Å². The maximum Gasteiger partial charge on any atom is 0.342 e. The number of esters is 1. The van der Waals surface area contributed by atoms with E-state index >= 15 is 0 Å². The summed E-state index contributed by atoms with van der Waals surface area (Å²) in [5, 5.41) is 10.8. The highest BCUT2D eigenvalue weighted by Crippen LogP contribution is 2.32. The third-order valence-electron chi connectivity index (χ3n) is 7.36. The molecule has 1 aliphatic rings. The van der Waals surface area contributed by atoms with E-state index in [4.69, 9.17) is 9.47 Å². The highest BCUT2D eigenvalue weighted by molar-refractivity contribution is 5.97. The Morgan fingerprint density at radius 1 is 0.943 bits per heavy atom. The summed E-state index contributed by atoms with van der Waals surface area (Å²) in [6.07, 6.45) is 7.22. The Morgan fingerprint density at radius 2 is 1.57 bits per heavy atom. The number of hydrogen-bond donors (Lipinski definition) is 1. The quantitative estimate of drug-likeness (QED) is 0.481. The highest BCUT2D eigenvalue weighted by Gasteiger charge is 2.22. The number of phenolic OH excluding ortho intramolecular Hbond substituents is 1. The molecule has 1 N–H and O–H groups in total. The molecule has 0 radical (unpaired) electrons. The van der Waals surface area contributed by atoms with Crippen molar-refractivity contribution in [3.8, 4) is 11.5 Å². The topological polar surface area (TPSA) is 72.8 Å². The molecule has 1 atom stereocenters. The second kappa shape index (κ2) is 11.6. The molecule has 1 heterocycles. The Kier molecular flexibility index (Phi) is 8.76. The van der Waals surface area contributed by atoms with Crippen molar-refractivity contribution in [2.24, 2.45) is 0 Å². The van der Waals surface area contributed by atoms with Crippen LogP contribution in [0.25, 0.3) is 6.08 Å². The third kappa shape index (κ3) is 6.33. The van der Waals surface area contributed by atoms with Gasteiger partial charge in [-0.1, -0.05) is 12.2 Å². The van der Waals surface area contributed by atoms with Crippen molar-refractivity contribution in [2.75, 3.05) is 0 Å². The molecule has 2 aromatic carbocycles. The van der Waals surface area contributed by atoms with E-state index in [1.807, 2.05) is 13.0 Å². The van der Waals surface area contributed by atoms with Crippen LogP contribution in [0.4, 0.5) is 0 Å². The average molecular weight is 479 g/mol. The molecule has 0 aliphatic carbocycles. The molecule has 1 unspecified atom stereocenters. The zero-order valence-electron chi connectivity index (χ0n) is 21.9. The van der Waals surface area contributed by atoms with Gasteiger partial charge in [0, 0.05) is 18.9 Å². The highest BCUT2D eigenvalue weighted by atomic mass is 16.5. The van der Waals surface area contributed by atoms with Crippen LogP contribution in [0.2, 0.25) is 0 Å². The molecule has 35 heavy (non-hydrogen) atoms. The van der Waals surface area contributed by atoms with Gasteiger partial charge in [-0.15, -0.1) is 0 Å². The molecule has 1 aliphatic heterocycles. The molecule has 3 rings (SSSR count). The van der Waals surface area contributed by atoms with Gasteiger partial charge >= 0.3 is 5.97 Å². The molecular weight excluding hydrogens is 440 g/mol. The summed E-state index contributed by atoms with van der Waals surface area (Å²) in [6, 6.07) is 3.26. The van der Waals surface area contributed by atoms with Crippen LogP contribution in [-0.4, -0.2) is 23.0 Å². The number of cyclic esters (lactones) is 1. The van der Waals surface area contributed by atoms with Crippen molar-refractivity contribution >= 4 is 17.8 Å². The minimum Gasteiger partial charge on any atom is -0.507 e. The maximum atomic E-state index is 12.9. The number of phenols is 1. The summed E-state index contributed by atoms with van der Waals surface area (Å²) in [4.78, 5) is 25.0. The smallest absolute Gasteiger partial charge is 0.342 e. The van der Waals surface area contributed by atoms with Gasteiger partial charge in [0.2, 0.25) is 0 Å². The van der Waals surface area contributed by atoms with E-state index in [2.05, 4.69) is 34.6 Å². The fraction of sp³-hybridized carbons (Fsp3) is 0.467. The van der Waals surface area contributed by atoms with Crippen LogP contribution in [0.3, 0.4) is 0 Å². The van der Waals surface area contributed by atoms with Gasteiger partial charge in [-0.05, 0) is 112 Å². The molecule has 0 saturated carbocycles. The molecule has 0 fully saturated rings. The predicted octanol–water partition coefficient (Wildman–Crippen LogP) is 7.00. The molecule has 5 heteroatoms. The molecule has 5 nitrogen and oxygen atoms in total. The van der Waals surface area contributed by atoms with Crippen LogP contribution in [-0.2, 0) is 16.1 Å². The number of hydrogen-bond acceptors (Lipinski definition) is 5. The van der Waals surface area contributed by atoms with Gasteiger partial charge in [-0.2, -0.15) is 0 Å². The van der Waals surface area contributed by atoms with Crippen LogP contribution >= 0.6 is 0 Å². The summed E-state index contributed by atoms with van der Waals surface area (Å²) in [5.41, 5.74) is 8.06. The Morgan fingerprint density at radius 3 is 2.26 bits per heavy atom. The van der Waals surface area contributed by atoms with Crippen molar-refractivity contribution < 1.29 is 24.2 Å². The van der Waals surface area contributed by atoms with Gasteiger partial charge < -0.3 is 14.6 Å². The Labute approximate surface area is 209 Å². The number of carbonyl (C=O) groups is 2. The van der Waals surface area contributed by atoms with Gasteiger partial charge in [-0.25, -0.2) is 4.79 Å². The maximum absolute atomic E-state index is 12.9. The summed E-state index contributed by atoms with van der Waals surface area (Å²) < 4.78 is 11.7. The Bertz CT molecular complexity index is 1110. The van der Waals surface area contributed by atoms with E-state index in [-0.39, 0.29) is 23.2 Å². The van der Waals surface area contributed by atoms with E-state index < -0.39 is 5.97 Å². The number of ether oxygens (including phenoxy) is 2. The van der Waals surface area contributed by atoms with Gasteiger partial charge in [-0.3, -0.25) is 4.79 Å². The van der Waals surface area contributed by atoms with Crippen molar-refractivity contribution in [3.05, 3.63) is 62.7 Å². The molecule has 0 amide bonds.